The van der Waals surface area contributed by atoms with Gasteiger partial charge in [0.05, 0.1) is 29.9 Å². The molecule has 8 nitrogen and oxygen atoms in total. The van der Waals surface area contributed by atoms with Crippen molar-refractivity contribution >= 4 is 11.8 Å². The average molecular weight is 377 g/mol. The molecule has 0 aliphatic carbocycles. The van der Waals surface area contributed by atoms with Crippen molar-refractivity contribution in [2.75, 3.05) is 5.73 Å². The highest BCUT2D eigenvalue weighted by atomic mass is 16.5. The van der Waals surface area contributed by atoms with Gasteiger partial charge in [-0.15, -0.1) is 0 Å². The van der Waals surface area contributed by atoms with Crippen LogP contribution in [0.2, 0.25) is 0 Å². The van der Waals surface area contributed by atoms with Crippen molar-refractivity contribution in [3.8, 4) is 16.9 Å². The molecule has 8 heteroatoms. The largest absolute Gasteiger partial charge is 0.467 e. The smallest absolute Gasteiger partial charge is 0.259 e. The van der Waals surface area contributed by atoms with Crippen LogP contribution >= 0.6 is 0 Å². The van der Waals surface area contributed by atoms with E-state index in [1.54, 1.807) is 23.1 Å². The van der Waals surface area contributed by atoms with E-state index in [2.05, 4.69) is 15.6 Å². The maximum atomic E-state index is 12.8. The number of nitrogens with zero attached hydrogens (tertiary/aromatic N) is 3. The lowest BCUT2D eigenvalue weighted by Crippen LogP contribution is -2.23. The van der Waals surface area contributed by atoms with E-state index in [0.717, 1.165) is 17.1 Å². The number of aromatic nitrogens is 3. The fraction of sp³-hybridized carbons (Fsp3) is 0.150. The summed E-state index contributed by atoms with van der Waals surface area (Å²) in [6.07, 6.45) is 1.55. The summed E-state index contributed by atoms with van der Waals surface area (Å²) in [6, 6.07) is 13.3. The molecule has 3 heterocycles. The van der Waals surface area contributed by atoms with E-state index >= 15 is 0 Å². The van der Waals surface area contributed by atoms with Crippen LogP contribution in [0.15, 0.2) is 57.7 Å². The molecule has 1 amide bonds. The molecular weight excluding hydrogens is 358 g/mol. The van der Waals surface area contributed by atoms with Gasteiger partial charge in [-0.25, -0.2) is 4.68 Å². The number of anilines is 1. The van der Waals surface area contributed by atoms with E-state index in [1.807, 2.05) is 44.2 Å². The second-order valence-electron chi connectivity index (χ2n) is 6.33. The van der Waals surface area contributed by atoms with Crippen molar-refractivity contribution < 1.29 is 13.7 Å². The third-order valence-corrected chi connectivity index (χ3v) is 4.48. The number of furan rings is 1. The van der Waals surface area contributed by atoms with Crippen LogP contribution in [-0.2, 0) is 6.54 Å². The first-order valence-corrected chi connectivity index (χ1v) is 8.74. The number of nitrogens with one attached hydrogen (secondary N) is 1. The molecule has 3 aromatic heterocycles. The van der Waals surface area contributed by atoms with Gasteiger partial charge in [0.1, 0.15) is 17.0 Å². The van der Waals surface area contributed by atoms with Crippen molar-refractivity contribution in [3.05, 3.63) is 71.4 Å². The second-order valence-corrected chi connectivity index (χ2v) is 6.33. The molecule has 0 atom stereocenters. The number of carbonyl (C=O) groups is 1. The third-order valence-electron chi connectivity index (χ3n) is 4.48. The Labute approximate surface area is 160 Å². The van der Waals surface area contributed by atoms with E-state index in [-0.39, 0.29) is 18.0 Å². The highest BCUT2D eigenvalue weighted by Crippen LogP contribution is 2.33. The quantitative estimate of drug-likeness (QED) is 0.552. The summed E-state index contributed by atoms with van der Waals surface area (Å²) in [7, 11) is 0. The lowest BCUT2D eigenvalue weighted by atomic mass is 10.0. The van der Waals surface area contributed by atoms with Crippen LogP contribution in [0.1, 0.15) is 27.5 Å². The highest BCUT2D eigenvalue weighted by Gasteiger charge is 2.27. The Morgan fingerprint density at radius 3 is 2.68 bits per heavy atom. The maximum absolute atomic E-state index is 12.8. The minimum Gasteiger partial charge on any atom is -0.467 e. The second kappa shape index (κ2) is 7.07. The third kappa shape index (κ3) is 3.05. The summed E-state index contributed by atoms with van der Waals surface area (Å²) in [5, 5.41) is 11.4. The summed E-state index contributed by atoms with van der Waals surface area (Å²) in [4.78, 5) is 12.8. The predicted molar refractivity (Wildman–Crippen MR) is 103 cm³/mol. The van der Waals surface area contributed by atoms with Crippen LogP contribution in [0, 0.1) is 13.8 Å². The molecule has 3 N–H and O–H groups in total. The first kappa shape index (κ1) is 17.6. The fourth-order valence-corrected chi connectivity index (χ4v) is 3.17. The zero-order chi connectivity index (χ0) is 19.7. The fourth-order valence-electron chi connectivity index (χ4n) is 3.17. The Morgan fingerprint density at radius 1 is 1.18 bits per heavy atom. The normalized spacial score (nSPS) is 10.9. The minimum atomic E-state index is -0.392. The number of para-hydroxylation sites is 1. The lowest BCUT2D eigenvalue weighted by Gasteiger charge is -2.06. The SMILES string of the molecule is Cc1nn(-c2ccccc2)c(C)c1-c1noc(N)c1C(=O)NCc1ccco1. The van der Waals surface area contributed by atoms with Gasteiger partial charge in [0.25, 0.3) is 5.91 Å². The Kier molecular flexibility index (Phi) is 4.44. The van der Waals surface area contributed by atoms with Gasteiger partial charge in [-0.3, -0.25) is 4.79 Å². The number of carbonyl (C=O) groups excluding carboxylic acids is 1. The standard InChI is InChI=1S/C20H19N5O3/c1-12-16(13(2)25(23-12)14-7-4-3-5-8-14)18-17(19(21)28-24-18)20(26)22-11-15-9-6-10-27-15/h3-10H,11,21H2,1-2H3,(H,22,26). The first-order chi connectivity index (χ1) is 13.6. The van der Waals surface area contributed by atoms with Crippen molar-refractivity contribution in [1.29, 1.82) is 0 Å². The van der Waals surface area contributed by atoms with Gasteiger partial charge in [0.2, 0.25) is 5.88 Å². The molecule has 0 bridgehead atoms. The molecule has 4 aromatic rings. The van der Waals surface area contributed by atoms with Gasteiger partial charge in [0.15, 0.2) is 0 Å². The molecule has 0 unspecified atom stereocenters. The van der Waals surface area contributed by atoms with E-state index in [1.165, 1.54) is 0 Å². The molecule has 0 aliphatic rings. The number of rotatable bonds is 5. The first-order valence-electron chi connectivity index (χ1n) is 8.74. The van der Waals surface area contributed by atoms with Crippen molar-refractivity contribution in [2.45, 2.75) is 20.4 Å². The van der Waals surface area contributed by atoms with Gasteiger partial charge in [-0.2, -0.15) is 5.10 Å². The topological polar surface area (TPSA) is 112 Å². The summed E-state index contributed by atoms with van der Waals surface area (Å²) in [6.45, 7) is 4.01. The Bertz CT molecular complexity index is 1110. The van der Waals surface area contributed by atoms with Crippen LogP contribution in [0.25, 0.3) is 16.9 Å². The maximum Gasteiger partial charge on any atom is 0.259 e. The summed E-state index contributed by atoms with van der Waals surface area (Å²) in [5.74, 6) is 0.198. The Hall–Kier alpha value is -3.81. The van der Waals surface area contributed by atoms with Gasteiger partial charge in [-0.05, 0) is 38.1 Å². The van der Waals surface area contributed by atoms with Gasteiger partial charge < -0.3 is 20.0 Å². The zero-order valence-electron chi connectivity index (χ0n) is 15.5. The summed E-state index contributed by atoms with van der Waals surface area (Å²) >= 11 is 0. The van der Waals surface area contributed by atoms with Crippen LogP contribution in [-0.4, -0.2) is 20.8 Å². The average Bonchev–Trinajstić information content (AvgIpc) is 3.41. The molecule has 0 fully saturated rings. The summed E-state index contributed by atoms with van der Waals surface area (Å²) in [5.41, 5.74) is 9.63. The Balaban J connectivity index is 1.71. The molecule has 142 valence electrons. The lowest BCUT2D eigenvalue weighted by molar-refractivity contribution is 0.0949. The number of aryl methyl sites for hydroxylation is 1. The molecular formula is C20H19N5O3. The van der Waals surface area contributed by atoms with E-state index < -0.39 is 5.91 Å². The molecule has 4 rings (SSSR count). The number of amides is 1. The van der Waals surface area contributed by atoms with Gasteiger partial charge in [0, 0.05) is 5.56 Å². The number of hydrogen-bond donors (Lipinski definition) is 2. The van der Waals surface area contributed by atoms with E-state index in [0.29, 0.717) is 17.0 Å². The van der Waals surface area contributed by atoms with Crippen LogP contribution in [0.4, 0.5) is 5.88 Å². The van der Waals surface area contributed by atoms with Crippen LogP contribution in [0.5, 0.6) is 0 Å². The zero-order valence-corrected chi connectivity index (χ0v) is 15.5. The van der Waals surface area contributed by atoms with Crippen LogP contribution in [0.3, 0.4) is 0 Å². The number of benzene rings is 1. The van der Waals surface area contributed by atoms with Crippen molar-refractivity contribution in [3.63, 3.8) is 0 Å². The predicted octanol–water partition coefficient (Wildman–Crippen LogP) is 3.25. The van der Waals surface area contributed by atoms with E-state index in [9.17, 15) is 4.79 Å². The van der Waals surface area contributed by atoms with E-state index in [4.69, 9.17) is 14.7 Å². The molecule has 0 spiro atoms. The minimum absolute atomic E-state index is 0.0433. The van der Waals surface area contributed by atoms with Crippen molar-refractivity contribution in [2.24, 2.45) is 0 Å². The molecule has 0 saturated heterocycles. The van der Waals surface area contributed by atoms with Gasteiger partial charge >= 0.3 is 0 Å². The Morgan fingerprint density at radius 2 is 1.96 bits per heavy atom. The molecule has 0 saturated carbocycles. The molecule has 1 aromatic carbocycles. The molecule has 28 heavy (non-hydrogen) atoms. The van der Waals surface area contributed by atoms with Crippen LogP contribution < -0.4 is 11.1 Å². The van der Waals surface area contributed by atoms with Crippen molar-refractivity contribution in [1.82, 2.24) is 20.3 Å². The van der Waals surface area contributed by atoms with Gasteiger partial charge in [-0.1, -0.05) is 23.4 Å². The molecule has 0 radical (unpaired) electrons. The number of nitrogens with two attached hydrogens (primary N) is 1. The number of nitrogen functional groups attached to an aromatic ring is 1. The molecule has 0 aliphatic heterocycles. The summed E-state index contributed by atoms with van der Waals surface area (Å²) < 4.78 is 12.2. The monoisotopic (exact) mass is 377 g/mol. The number of hydrogen-bond acceptors (Lipinski definition) is 6. The highest BCUT2D eigenvalue weighted by molar-refractivity contribution is 6.04.